The minimum absolute atomic E-state index is 0.654. The Balaban J connectivity index is 1.83. The summed E-state index contributed by atoms with van der Waals surface area (Å²) in [4.78, 5) is 9.60. The molecule has 0 fully saturated rings. The van der Waals surface area contributed by atoms with Gasteiger partial charge in [0.2, 0.25) is 0 Å². The summed E-state index contributed by atoms with van der Waals surface area (Å²) in [5.41, 5.74) is 7.49. The quantitative estimate of drug-likeness (QED) is 0.340. The molecule has 5 rings (SSSR count). The predicted octanol–water partition coefficient (Wildman–Crippen LogP) is 6.73. The van der Waals surface area contributed by atoms with Gasteiger partial charge in [0.05, 0.1) is 5.52 Å². The average Bonchev–Trinajstić information content (AvgIpc) is 3.24. The van der Waals surface area contributed by atoms with E-state index in [0.717, 1.165) is 13.0 Å². The second-order valence-electron chi connectivity index (χ2n) is 9.07. The van der Waals surface area contributed by atoms with Crippen LogP contribution in [0.25, 0.3) is 49.7 Å². The van der Waals surface area contributed by atoms with Gasteiger partial charge in [0.1, 0.15) is 0 Å². The second-order valence-corrected chi connectivity index (χ2v) is 9.07. The van der Waals surface area contributed by atoms with Crippen molar-refractivity contribution in [1.82, 2.24) is 14.9 Å². The van der Waals surface area contributed by atoms with Gasteiger partial charge in [-0.25, -0.2) is 0 Å². The molecule has 0 radical (unpaired) electrons. The zero-order valence-corrected chi connectivity index (χ0v) is 18.2. The van der Waals surface area contributed by atoms with Crippen molar-refractivity contribution in [3.05, 3.63) is 65.7 Å². The molecular weight excluding hydrogens is 366 g/mol. The molecule has 3 aromatic carbocycles. The van der Waals surface area contributed by atoms with Crippen molar-refractivity contribution in [3.8, 4) is 0 Å². The van der Waals surface area contributed by atoms with Crippen LogP contribution in [0.1, 0.15) is 25.0 Å². The molecule has 0 amide bonds. The van der Waals surface area contributed by atoms with Gasteiger partial charge < -0.3 is 14.9 Å². The third-order valence-corrected chi connectivity index (χ3v) is 5.86. The molecule has 3 nitrogen and oxygen atoms in total. The van der Waals surface area contributed by atoms with Crippen LogP contribution in [0.4, 0.5) is 0 Å². The summed E-state index contributed by atoms with van der Waals surface area (Å²) in [5, 5.41) is 5.14. The summed E-state index contributed by atoms with van der Waals surface area (Å²) in [6, 6.07) is 17.8. The maximum atomic E-state index is 3.72. The number of aromatic amines is 2. The number of fused-ring (bicyclic) bond motifs is 6. The van der Waals surface area contributed by atoms with Gasteiger partial charge in [-0.3, -0.25) is 0 Å². The van der Waals surface area contributed by atoms with Gasteiger partial charge >= 0.3 is 0 Å². The number of rotatable bonds is 5. The number of aromatic nitrogens is 2. The fourth-order valence-corrected chi connectivity index (χ4v) is 4.61. The van der Waals surface area contributed by atoms with Gasteiger partial charge in [0.15, 0.2) is 0 Å². The smallest absolute Gasteiger partial charge is 0.0546 e. The van der Waals surface area contributed by atoms with E-state index < -0.39 is 0 Å². The lowest BCUT2D eigenvalue weighted by Crippen LogP contribution is -2.10. The van der Waals surface area contributed by atoms with Crippen LogP contribution in [-0.4, -0.2) is 35.5 Å². The molecule has 0 atom stereocenters. The molecule has 0 aliphatic carbocycles. The Labute approximate surface area is 177 Å². The summed E-state index contributed by atoms with van der Waals surface area (Å²) >= 11 is 0. The van der Waals surface area contributed by atoms with Crippen molar-refractivity contribution in [2.45, 2.75) is 20.3 Å². The predicted molar refractivity (Wildman–Crippen MR) is 131 cm³/mol. The van der Waals surface area contributed by atoms with E-state index in [1.54, 1.807) is 0 Å². The van der Waals surface area contributed by atoms with Crippen LogP contribution >= 0.6 is 0 Å². The van der Waals surface area contributed by atoms with Crippen molar-refractivity contribution >= 4 is 49.7 Å². The van der Waals surface area contributed by atoms with Gasteiger partial charge in [0.25, 0.3) is 0 Å². The normalized spacial score (nSPS) is 12.7. The molecule has 0 unspecified atom stereocenters. The van der Waals surface area contributed by atoms with Crippen molar-refractivity contribution in [2.24, 2.45) is 5.92 Å². The Morgan fingerprint density at radius 2 is 1.70 bits per heavy atom. The summed E-state index contributed by atoms with van der Waals surface area (Å²) in [7, 11) is 4.21. The number of nitrogens with one attached hydrogen (secondary N) is 2. The molecule has 0 bridgehead atoms. The fraction of sp³-hybridized carbons (Fsp3) is 0.259. The van der Waals surface area contributed by atoms with Crippen molar-refractivity contribution in [1.29, 1.82) is 0 Å². The third kappa shape index (κ3) is 3.20. The molecule has 0 aliphatic heterocycles. The molecule has 0 saturated carbocycles. The largest absolute Gasteiger partial charge is 0.354 e. The van der Waals surface area contributed by atoms with E-state index in [9.17, 15) is 0 Å². The minimum Gasteiger partial charge on any atom is -0.354 e. The number of nitrogens with zero attached hydrogens (tertiary/aromatic N) is 1. The van der Waals surface area contributed by atoms with Gasteiger partial charge in [-0.2, -0.15) is 0 Å². The average molecular weight is 396 g/mol. The highest BCUT2D eigenvalue weighted by molar-refractivity contribution is 6.21. The SMILES string of the molecule is CC(C)Cc1ccc2c(c1)[nH]c1cc3c([nH]c4ccccc43)c(/C=C\CN(C)C)c12. The van der Waals surface area contributed by atoms with Crippen molar-refractivity contribution in [2.75, 3.05) is 20.6 Å². The Morgan fingerprint density at radius 3 is 2.50 bits per heavy atom. The standard InChI is InChI=1S/C27H29N3/c1-17(2)14-18-11-12-20-24(15-18)28-25-16-22-19-8-5-6-10-23(19)29-27(22)21(26(20)25)9-7-13-30(3)4/h5-12,15-17,28-29H,13-14H2,1-4H3/b9-7-. The summed E-state index contributed by atoms with van der Waals surface area (Å²) in [6.07, 6.45) is 5.65. The summed E-state index contributed by atoms with van der Waals surface area (Å²) in [6.45, 7) is 5.46. The van der Waals surface area contributed by atoms with Crippen molar-refractivity contribution < 1.29 is 0 Å². The van der Waals surface area contributed by atoms with Crippen LogP contribution in [0, 0.1) is 5.92 Å². The zero-order chi connectivity index (χ0) is 20.8. The lowest BCUT2D eigenvalue weighted by molar-refractivity contribution is 0.457. The molecular formula is C27H29N3. The van der Waals surface area contributed by atoms with Gasteiger partial charge in [-0.15, -0.1) is 0 Å². The minimum atomic E-state index is 0.654. The van der Waals surface area contributed by atoms with Gasteiger partial charge in [0, 0.05) is 50.2 Å². The highest BCUT2D eigenvalue weighted by atomic mass is 15.0. The first-order chi connectivity index (χ1) is 14.5. The van der Waals surface area contributed by atoms with E-state index >= 15 is 0 Å². The van der Waals surface area contributed by atoms with Crippen LogP contribution < -0.4 is 0 Å². The fourth-order valence-electron chi connectivity index (χ4n) is 4.61. The monoisotopic (exact) mass is 395 g/mol. The number of H-pyrrole nitrogens is 2. The number of hydrogen-bond donors (Lipinski definition) is 2. The number of likely N-dealkylation sites (N-methyl/N-ethyl adjacent to an activating group) is 1. The van der Waals surface area contributed by atoms with Crippen LogP contribution in [0.5, 0.6) is 0 Å². The highest BCUT2D eigenvalue weighted by Crippen LogP contribution is 2.38. The topological polar surface area (TPSA) is 34.8 Å². The molecule has 0 aliphatic rings. The third-order valence-electron chi connectivity index (χ3n) is 5.86. The van der Waals surface area contributed by atoms with Crippen molar-refractivity contribution in [3.63, 3.8) is 0 Å². The van der Waals surface area contributed by atoms with Gasteiger partial charge in [-0.1, -0.05) is 56.3 Å². The highest BCUT2D eigenvalue weighted by Gasteiger charge is 2.15. The van der Waals surface area contributed by atoms with Crippen LogP contribution in [0.2, 0.25) is 0 Å². The molecule has 2 aromatic heterocycles. The van der Waals surface area contributed by atoms with E-state index in [2.05, 4.69) is 103 Å². The molecule has 0 spiro atoms. The lowest BCUT2D eigenvalue weighted by atomic mass is 9.99. The maximum Gasteiger partial charge on any atom is 0.0546 e. The molecule has 2 heterocycles. The van der Waals surface area contributed by atoms with Crippen LogP contribution in [0.15, 0.2) is 54.6 Å². The summed E-state index contributed by atoms with van der Waals surface area (Å²) in [5.74, 6) is 0.654. The zero-order valence-electron chi connectivity index (χ0n) is 18.2. The molecule has 152 valence electrons. The number of para-hydroxylation sites is 1. The molecule has 30 heavy (non-hydrogen) atoms. The summed E-state index contributed by atoms with van der Waals surface area (Å²) < 4.78 is 0. The molecule has 5 aromatic rings. The van der Waals surface area contributed by atoms with Crippen LogP contribution in [0.3, 0.4) is 0 Å². The lowest BCUT2D eigenvalue weighted by Gasteiger charge is -2.06. The number of hydrogen-bond acceptors (Lipinski definition) is 1. The van der Waals surface area contributed by atoms with E-state index in [4.69, 9.17) is 0 Å². The first-order valence-corrected chi connectivity index (χ1v) is 10.8. The molecule has 2 N–H and O–H groups in total. The molecule has 0 saturated heterocycles. The first-order valence-electron chi connectivity index (χ1n) is 10.8. The van der Waals surface area contributed by atoms with E-state index in [1.807, 2.05) is 0 Å². The number of benzene rings is 3. The Morgan fingerprint density at radius 1 is 0.867 bits per heavy atom. The van der Waals surface area contributed by atoms with E-state index in [-0.39, 0.29) is 0 Å². The van der Waals surface area contributed by atoms with Crippen LogP contribution in [-0.2, 0) is 6.42 Å². The Hall–Kier alpha value is -3.04. The maximum absolute atomic E-state index is 3.72. The van der Waals surface area contributed by atoms with E-state index in [1.165, 1.54) is 54.7 Å². The Kier molecular flexibility index (Phi) is 4.63. The second kappa shape index (κ2) is 7.33. The molecule has 3 heteroatoms. The first kappa shape index (κ1) is 19.0. The van der Waals surface area contributed by atoms with Gasteiger partial charge in [-0.05, 0) is 50.2 Å². The Bertz CT molecular complexity index is 1400. The van der Waals surface area contributed by atoms with E-state index in [0.29, 0.717) is 5.92 Å².